The molecule has 0 aliphatic rings. The largest absolute Gasteiger partial charge is 0.351 e. The van der Waals surface area contributed by atoms with Gasteiger partial charge in [0.2, 0.25) is 0 Å². The van der Waals surface area contributed by atoms with Gasteiger partial charge in [0, 0.05) is 29.9 Å². The Morgan fingerprint density at radius 1 is 1.12 bits per heavy atom. The molecule has 2 aromatic carbocycles. The number of Topliss-reactive ketones (excluding diaryl/α,β-unsaturated/α-hetero) is 1. The second-order valence-corrected chi connectivity index (χ2v) is 7.72. The lowest BCUT2D eigenvalue weighted by atomic mass is 10.0. The third kappa shape index (κ3) is 3.82. The van der Waals surface area contributed by atoms with Gasteiger partial charge in [-0.3, -0.25) is 9.48 Å². The number of hydrogen-bond acceptors (Lipinski definition) is 5. The number of aromatic nitrogens is 5. The van der Waals surface area contributed by atoms with Crippen LogP contribution in [0.2, 0.25) is 0 Å². The molecule has 3 heterocycles. The summed E-state index contributed by atoms with van der Waals surface area (Å²) in [6, 6.07) is 15.9. The predicted molar refractivity (Wildman–Crippen MR) is 118 cm³/mol. The van der Waals surface area contributed by atoms with E-state index in [2.05, 4.69) is 20.2 Å². The van der Waals surface area contributed by atoms with Gasteiger partial charge in [-0.15, -0.1) is 0 Å². The van der Waals surface area contributed by atoms with E-state index >= 15 is 0 Å². The lowest BCUT2D eigenvalue weighted by Crippen LogP contribution is -2.03. The summed E-state index contributed by atoms with van der Waals surface area (Å²) in [5.74, 6) is 0.682. The van der Waals surface area contributed by atoms with E-state index in [1.807, 2.05) is 37.4 Å². The molecule has 5 aromatic rings. The highest BCUT2D eigenvalue weighted by Crippen LogP contribution is 2.28. The molecule has 0 atom stereocenters. The van der Waals surface area contributed by atoms with E-state index in [9.17, 15) is 9.18 Å². The van der Waals surface area contributed by atoms with Crippen molar-refractivity contribution in [1.29, 1.82) is 0 Å². The molecule has 0 amide bonds. The fourth-order valence-electron chi connectivity index (χ4n) is 3.72. The van der Waals surface area contributed by atoms with Crippen molar-refractivity contribution in [2.75, 3.05) is 0 Å². The van der Waals surface area contributed by atoms with Gasteiger partial charge < -0.3 is 9.51 Å². The summed E-state index contributed by atoms with van der Waals surface area (Å²) in [6.07, 6.45) is 0.851. The minimum absolute atomic E-state index is 0.0482. The molecule has 0 saturated carbocycles. The van der Waals surface area contributed by atoms with E-state index in [1.54, 1.807) is 23.7 Å². The minimum Gasteiger partial charge on any atom is -0.351 e. The number of aromatic amines is 1. The molecule has 32 heavy (non-hydrogen) atoms. The summed E-state index contributed by atoms with van der Waals surface area (Å²) in [6.45, 7) is 1.77. The minimum atomic E-state index is -0.284. The van der Waals surface area contributed by atoms with Crippen LogP contribution in [0.1, 0.15) is 28.3 Å². The summed E-state index contributed by atoms with van der Waals surface area (Å²) in [5.41, 5.74) is 4.81. The van der Waals surface area contributed by atoms with Crippen molar-refractivity contribution in [3.63, 3.8) is 0 Å². The van der Waals surface area contributed by atoms with Crippen molar-refractivity contribution >= 4 is 16.7 Å². The molecular weight excluding hydrogens is 409 g/mol. The summed E-state index contributed by atoms with van der Waals surface area (Å²) < 4.78 is 20.0. The van der Waals surface area contributed by atoms with Gasteiger partial charge in [-0.2, -0.15) is 10.1 Å². The van der Waals surface area contributed by atoms with Crippen LogP contribution in [-0.4, -0.2) is 30.7 Å². The standard InChI is InChI=1S/C24H20FN5O2/c1-14-26-24(32-29-14)21-12-17-11-16(6-9-19(17)27-21)22-13-20(28-30(22)2)23(31)10-5-15-3-7-18(25)8-4-15/h3-4,6-9,11-13,27H,5,10H2,1-2H3. The van der Waals surface area contributed by atoms with Crippen LogP contribution in [-0.2, 0) is 13.5 Å². The van der Waals surface area contributed by atoms with E-state index in [0.717, 1.165) is 33.4 Å². The number of nitrogens with zero attached hydrogens (tertiary/aromatic N) is 4. The Balaban J connectivity index is 1.37. The summed E-state index contributed by atoms with van der Waals surface area (Å²) >= 11 is 0. The maximum atomic E-state index is 13.1. The van der Waals surface area contributed by atoms with Gasteiger partial charge in [-0.1, -0.05) is 23.4 Å². The predicted octanol–water partition coefficient (Wildman–Crippen LogP) is 4.88. The molecule has 5 rings (SSSR count). The highest BCUT2D eigenvalue weighted by Gasteiger charge is 2.16. The molecular formula is C24H20FN5O2. The fourth-order valence-corrected chi connectivity index (χ4v) is 3.72. The van der Waals surface area contributed by atoms with E-state index in [-0.39, 0.29) is 11.6 Å². The zero-order chi connectivity index (χ0) is 22.2. The molecule has 160 valence electrons. The van der Waals surface area contributed by atoms with Crippen molar-refractivity contribution in [3.8, 4) is 22.8 Å². The number of H-pyrrole nitrogens is 1. The topological polar surface area (TPSA) is 89.6 Å². The molecule has 0 bridgehead atoms. The maximum absolute atomic E-state index is 13.1. The Hall–Kier alpha value is -4.07. The van der Waals surface area contributed by atoms with Crippen LogP contribution in [0.3, 0.4) is 0 Å². The molecule has 0 unspecified atom stereocenters. The first kappa shape index (κ1) is 19.9. The average Bonchev–Trinajstić information content (AvgIpc) is 3.50. The van der Waals surface area contributed by atoms with Crippen LogP contribution < -0.4 is 0 Å². The van der Waals surface area contributed by atoms with Gasteiger partial charge in [-0.05, 0) is 55.3 Å². The van der Waals surface area contributed by atoms with Crippen molar-refractivity contribution < 1.29 is 13.7 Å². The Morgan fingerprint density at radius 2 is 1.94 bits per heavy atom. The fraction of sp³-hybridized carbons (Fsp3) is 0.167. The second kappa shape index (κ2) is 7.88. The lowest BCUT2D eigenvalue weighted by molar-refractivity contribution is 0.0977. The number of rotatable bonds is 6. The summed E-state index contributed by atoms with van der Waals surface area (Å²) in [5, 5.41) is 9.23. The molecule has 7 nitrogen and oxygen atoms in total. The van der Waals surface area contributed by atoms with Gasteiger partial charge >= 0.3 is 0 Å². The second-order valence-electron chi connectivity index (χ2n) is 7.72. The SMILES string of the molecule is Cc1noc(-c2cc3cc(-c4cc(C(=O)CCc5ccc(F)cc5)nn4C)ccc3[nH]2)n1. The molecule has 0 fully saturated rings. The van der Waals surface area contributed by atoms with Crippen molar-refractivity contribution in [2.24, 2.45) is 7.05 Å². The molecule has 0 spiro atoms. The van der Waals surface area contributed by atoms with Crippen LogP contribution in [0, 0.1) is 12.7 Å². The molecule has 0 radical (unpaired) electrons. The maximum Gasteiger partial charge on any atom is 0.274 e. The number of carbonyl (C=O) groups excluding carboxylic acids is 1. The van der Waals surface area contributed by atoms with Gasteiger partial charge in [-0.25, -0.2) is 4.39 Å². The Morgan fingerprint density at radius 3 is 2.69 bits per heavy atom. The number of halogens is 1. The van der Waals surface area contributed by atoms with Gasteiger partial charge in [0.25, 0.3) is 5.89 Å². The van der Waals surface area contributed by atoms with E-state index in [0.29, 0.717) is 30.3 Å². The quantitative estimate of drug-likeness (QED) is 0.389. The van der Waals surface area contributed by atoms with E-state index in [1.165, 1.54) is 12.1 Å². The first-order valence-corrected chi connectivity index (χ1v) is 10.2. The number of aryl methyl sites for hydroxylation is 3. The number of nitrogens with one attached hydrogen (secondary N) is 1. The first-order valence-electron chi connectivity index (χ1n) is 10.2. The monoisotopic (exact) mass is 429 g/mol. The lowest BCUT2D eigenvalue weighted by Gasteiger charge is -2.01. The number of hydrogen-bond donors (Lipinski definition) is 1. The highest BCUT2D eigenvalue weighted by atomic mass is 19.1. The highest BCUT2D eigenvalue weighted by molar-refractivity contribution is 5.96. The number of ketones is 1. The van der Waals surface area contributed by atoms with Crippen LogP contribution in [0.5, 0.6) is 0 Å². The third-order valence-corrected chi connectivity index (χ3v) is 5.39. The number of benzene rings is 2. The molecule has 8 heteroatoms. The molecule has 0 saturated heterocycles. The molecule has 1 N–H and O–H groups in total. The molecule has 0 aliphatic heterocycles. The number of carbonyl (C=O) groups is 1. The van der Waals surface area contributed by atoms with Gasteiger partial charge in [0.1, 0.15) is 17.2 Å². The Bertz CT molecular complexity index is 1430. The number of fused-ring (bicyclic) bond motifs is 1. The van der Waals surface area contributed by atoms with Crippen molar-refractivity contribution in [1.82, 2.24) is 24.9 Å². The smallest absolute Gasteiger partial charge is 0.274 e. The van der Waals surface area contributed by atoms with Crippen LogP contribution in [0.15, 0.2) is 59.1 Å². The van der Waals surface area contributed by atoms with Crippen LogP contribution in [0.25, 0.3) is 33.7 Å². The average molecular weight is 429 g/mol. The Labute approximate surface area is 182 Å². The third-order valence-electron chi connectivity index (χ3n) is 5.39. The molecule has 3 aromatic heterocycles. The van der Waals surface area contributed by atoms with Gasteiger partial charge in [0.05, 0.1) is 5.69 Å². The Kier molecular flexibility index (Phi) is 4.89. The van der Waals surface area contributed by atoms with Crippen molar-refractivity contribution in [2.45, 2.75) is 19.8 Å². The van der Waals surface area contributed by atoms with Crippen LogP contribution in [0.4, 0.5) is 4.39 Å². The molecule has 0 aliphatic carbocycles. The van der Waals surface area contributed by atoms with E-state index < -0.39 is 0 Å². The zero-order valence-corrected chi connectivity index (χ0v) is 17.6. The zero-order valence-electron chi connectivity index (χ0n) is 17.6. The van der Waals surface area contributed by atoms with Gasteiger partial charge in [0.15, 0.2) is 11.6 Å². The normalized spacial score (nSPS) is 11.3. The summed E-state index contributed by atoms with van der Waals surface area (Å²) in [7, 11) is 1.82. The van der Waals surface area contributed by atoms with E-state index in [4.69, 9.17) is 4.52 Å². The van der Waals surface area contributed by atoms with Crippen LogP contribution >= 0.6 is 0 Å². The van der Waals surface area contributed by atoms with Crippen molar-refractivity contribution in [3.05, 3.63) is 77.5 Å². The first-order chi connectivity index (χ1) is 15.5. The summed E-state index contributed by atoms with van der Waals surface area (Å²) in [4.78, 5) is 20.2.